The van der Waals surface area contributed by atoms with E-state index in [9.17, 15) is 18.4 Å². The predicted octanol–water partition coefficient (Wildman–Crippen LogP) is 1.89. The smallest absolute Gasteiger partial charge is 0.335 e. The molecule has 0 bridgehead atoms. The summed E-state index contributed by atoms with van der Waals surface area (Å²) in [5, 5.41) is 0. The second-order valence-electron chi connectivity index (χ2n) is 4.86. The molecule has 0 atom stereocenters. The Hall–Kier alpha value is -2.96. The summed E-state index contributed by atoms with van der Waals surface area (Å²) in [7, 11) is 1.51. The summed E-state index contributed by atoms with van der Waals surface area (Å²) in [5.74, 6) is -2.97. The van der Waals surface area contributed by atoms with Gasteiger partial charge in [-0.25, -0.2) is 18.1 Å². The van der Waals surface area contributed by atoms with Gasteiger partial charge in [0.15, 0.2) is 11.6 Å². The van der Waals surface area contributed by atoms with E-state index in [1.165, 1.54) is 17.7 Å². The number of aromatic nitrogens is 2. The number of imidazole rings is 1. The Morgan fingerprint density at radius 1 is 1.05 bits per heavy atom. The van der Waals surface area contributed by atoms with Crippen molar-refractivity contribution in [3.8, 4) is 0 Å². The zero-order valence-electron chi connectivity index (χ0n) is 11.5. The number of hydrogen-bond donors (Lipinski definition) is 1. The van der Waals surface area contributed by atoms with E-state index < -0.39 is 23.2 Å². The number of hydrogen-bond acceptors (Lipinski definition) is 3. The lowest BCUT2D eigenvalue weighted by molar-refractivity contribution is 0.0959. The fourth-order valence-corrected chi connectivity index (χ4v) is 2.31. The molecule has 0 aliphatic carbocycles. The molecular formula is C15H11F2N3O2. The molecule has 3 rings (SSSR count). The van der Waals surface area contributed by atoms with Crippen molar-refractivity contribution in [2.75, 3.05) is 5.73 Å². The lowest BCUT2D eigenvalue weighted by Gasteiger charge is -2.03. The zero-order valence-corrected chi connectivity index (χ0v) is 11.5. The van der Waals surface area contributed by atoms with E-state index in [1.807, 2.05) is 0 Å². The lowest BCUT2D eigenvalue weighted by Crippen LogP contribution is -2.28. The van der Waals surface area contributed by atoms with E-state index in [2.05, 4.69) is 0 Å². The van der Waals surface area contributed by atoms with Crippen molar-refractivity contribution < 1.29 is 13.6 Å². The molecule has 5 nitrogen and oxygen atoms in total. The van der Waals surface area contributed by atoms with Crippen molar-refractivity contribution in [2.24, 2.45) is 7.05 Å². The summed E-state index contributed by atoms with van der Waals surface area (Å²) >= 11 is 0. The molecule has 0 radical (unpaired) electrons. The topological polar surface area (TPSA) is 70.0 Å². The van der Waals surface area contributed by atoms with Crippen LogP contribution in [0.4, 0.5) is 14.5 Å². The molecule has 0 spiro atoms. The fraction of sp³-hybridized carbons (Fsp3) is 0.0667. The van der Waals surface area contributed by atoms with Crippen LogP contribution in [0.15, 0.2) is 41.2 Å². The van der Waals surface area contributed by atoms with Crippen LogP contribution in [0.2, 0.25) is 0 Å². The van der Waals surface area contributed by atoms with Crippen molar-refractivity contribution in [3.63, 3.8) is 0 Å². The van der Waals surface area contributed by atoms with Crippen LogP contribution < -0.4 is 11.4 Å². The summed E-state index contributed by atoms with van der Waals surface area (Å²) in [6.45, 7) is 0. The van der Waals surface area contributed by atoms with Crippen molar-refractivity contribution in [3.05, 3.63) is 64.1 Å². The van der Waals surface area contributed by atoms with Gasteiger partial charge in [0.1, 0.15) is 0 Å². The third-order valence-corrected chi connectivity index (χ3v) is 3.45. The number of rotatable bonds is 1. The molecule has 3 aromatic rings. The maximum atomic E-state index is 13.3. The summed E-state index contributed by atoms with van der Waals surface area (Å²) in [4.78, 5) is 24.8. The molecule has 0 amide bonds. The first kappa shape index (κ1) is 14.0. The van der Waals surface area contributed by atoms with Gasteiger partial charge in [-0.15, -0.1) is 0 Å². The van der Waals surface area contributed by atoms with Crippen LogP contribution in [0, 0.1) is 11.6 Å². The highest BCUT2D eigenvalue weighted by molar-refractivity contribution is 6.01. The Morgan fingerprint density at radius 2 is 1.77 bits per heavy atom. The van der Waals surface area contributed by atoms with Gasteiger partial charge in [-0.3, -0.25) is 9.36 Å². The van der Waals surface area contributed by atoms with Gasteiger partial charge in [0.2, 0.25) is 0 Å². The van der Waals surface area contributed by atoms with Gasteiger partial charge in [0, 0.05) is 18.3 Å². The van der Waals surface area contributed by atoms with E-state index in [1.54, 1.807) is 12.1 Å². The number of nitrogen functional groups attached to an aromatic ring is 1. The summed E-state index contributed by atoms with van der Waals surface area (Å²) in [6, 6.07) is 7.42. The average molecular weight is 303 g/mol. The zero-order chi connectivity index (χ0) is 16.0. The molecule has 2 N–H and O–H groups in total. The molecule has 0 saturated heterocycles. The van der Waals surface area contributed by atoms with Crippen LogP contribution in [-0.4, -0.2) is 15.0 Å². The monoisotopic (exact) mass is 303 g/mol. The number of benzene rings is 2. The van der Waals surface area contributed by atoms with Gasteiger partial charge < -0.3 is 5.73 Å². The first-order chi connectivity index (χ1) is 10.4. The largest absolute Gasteiger partial charge is 0.399 e. The number of carbonyl (C=O) groups is 1. The van der Waals surface area contributed by atoms with Gasteiger partial charge in [-0.2, -0.15) is 0 Å². The van der Waals surface area contributed by atoms with Crippen molar-refractivity contribution in [1.29, 1.82) is 0 Å². The fourth-order valence-electron chi connectivity index (χ4n) is 2.31. The minimum atomic E-state index is -1.15. The van der Waals surface area contributed by atoms with Crippen molar-refractivity contribution in [2.45, 2.75) is 0 Å². The maximum Gasteiger partial charge on any atom is 0.335 e. The van der Waals surface area contributed by atoms with E-state index in [4.69, 9.17) is 5.73 Å². The summed E-state index contributed by atoms with van der Waals surface area (Å²) in [6.07, 6.45) is 0. The van der Waals surface area contributed by atoms with Gasteiger partial charge in [0.25, 0.3) is 5.91 Å². The Labute approximate surface area is 123 Å². The average Bonchev–Trinajstić information content (AvgIpc) is 2.72. The molecule has 1 aromatic heterocycles. The molecule has 0 aliphatic heterocycles. The highest BCUT2D eigenvalue weighted by Gasteiger charge is 2.19. The van der Waals surface area contributed by atoms with Crippen LogP contribution in [-0.2, 0) is 7.05 Å². The first-order valence-corrected chi connectivity index (χ1v) is 6.37. The van der Waals surface area contributed by atoms with Crippen LogP contribution in [0.1, 0.15) is 10.4 Å². The Bertz CT molecular complexity index is 973. The quantitative estimate of drug-likeness (QED) is 0.698. The van der Waals surface area contributed by atoms with Gasteiger partial charge in [0.05, 0.1) is 11.0 Å². The molecule has 0 aliphatic rings. The summed E-state index contributed by atoms with van der Waals surface area (Å²) in [5.41, 5.74) is 6.17. The van der Waals surface area contributed by atoms with Gasteiger partial charge in [-0.1, -0.05) is 0 Å². The standard InChI is InChI=1S/C15H11F2N3O2/c1-19-12-5-3-9(18)7-13(12)20(15(19)22)14(21)8-2-4-10(16)11(17)6-8/h2-7H,18H2,1H3. The molecule has 0 fully saturated rings. The highest BCUT2D eigenvalue weighted by Crippen LogP contribution is 2.18. The van der Waals surface area contributed by atoms with E-state index in [0.717, 1.165) is 22.8 Å². The first-order valence-electron chi connectivity index (χ1n) is 6.37. The predicted molar refractivity (Wildman–Crippen MR) is 77.7 cm³/mol. The van der Waals surface area contributed by atoms with E-state index >= 15 is 0 Å². The van der Waals surface area contributed by atoms with Gasteiger partial charge in [-0.05, 0) is 36.4 Å². The minimum Gasteiger partial charge on any atom is -0.399 e. The maximum absolute atomic E-state index is 13.3. The number of halogens is 2. The molecule has 22 heavy (non-hydrogen) atoms. The minimum absolute atomic E-state index is 0.129. The Kier molecular flexibility index (Phi) is 3.05. The second-order valence-corrected chi connectivity index (χ2v) is 4.86. The lowest BCUT2D eigenvalue weighted by atomic mass is 10.2. The molecule has 112 valence electrons. The van der Waals surface area contributed by atoms with Crippen molar-refractivity contribution >= 4 is 22.6 Å². The number of nitrogens with zero attached hydrogens (tertiary/aromatic N) is 2. The molecule has 0 unspecified atom stereocenters. The third kappa shape index (κ3) is 1.98. The number of anilines is 1. The van der Waals surface area contributed by atoms with E-state index in [-0.39, 0.29) is 5.56 Å². The number of aryl methyl sites for hydroxylation is 1. The summed E-state index contributed by atoms with van der Waals surface area (Å²) < 4.78 is 28.4. The third-order valence-electron chi connectivity index (χ3n) is 3.45. The SMILES string of the molecule is Cn1c(=O)n(C(=O)c2ccc(F)c(F)c2)c2cc(N)ccc21. The molecule has 2 aromatic carbocycles. The van der Waals surface area contributed by atoms with Crippen LogP contribution in [0.5, 0.6) is 0 Å². The highest BCUT2D eigenvalue weighted by atomic mass is 19.2. The molecule has 1 heterocycles. The Morgan fingerprint density at radius 3 is 2.45 bits per heavy atom. The second kappa shape index (κ2) is 4.80. The van der Waals surface area contributed by atoms with E-state index in [0.29, 0.717) is 16.7 Å². The number of carbonyl (C=O) groups excluding carboxylic acids is 1. The van der Waals surface area contributed by atoms with Crippen LogP contribution in [0.25, 0.3) is 11.0 Å². The molecular weight excluding hydrogens is 292 g/mol. The Balaban J connectivity index is 2.27. The molecule has 7 heteroatoms. The normalized spacial score (nSPS) is 11.0. The van der Waals surface area contributed by atoms with Crippen LogP contribution in [0.3, 0.4) is 0 Å². The number of fused-ring (bicyclic) bond motifs is 1. The molecule has 0 saturated carbocycles. The number of nitrogens with two attached hydrogens (primary N) is 1. The van der Waals surface area contributed by atoms with Gasteiger partial charge >= 0.3 is 5.69 Å². The van der Waals surface area contributed by atoms with Crippen LogP contribution >= 0.6 is 0 Å². The van der Waals surface area contributed by atoms with Crippen molar-refractivity contribution in [1.82, 2.24) is 9.13 Å².